The second kappa shape index (κ2) is 9.99. The zero-order valence-corrected chi connectivity index (χ0v) is 18.9. The molecule has 1 N–H and O–H groups in total. The Labute approximate surface area is 193 Å². The van der Waals surface area contributed by atoms with E-state index in [1.807, 2.05) is 4.90 Å². The van der Waals surface area contributed by atoms with Crippen molar-refractivity contribution in [3.8, 4) is 0 Å². The van der Waals surface area contributed by atoms with Crippen LogP contribution in [0.15, 0.2) is 45.3 Å². The Bertz CT molecular complexity index is 1250. The first-order valence-electron chi connectivity index (χ1n) is 10.9. The van der Waals surface area contributed by atoms with Crippen molar-refractivity contribution < 1.29 is 9.72 Å². The number of rotatable bonds is 8. The fourth-order valence-electron chi connectivity index (χ4n) is 4.05. The number of nitrogens with one attached hydrogen (secondary N) is 1. The lowest BCUT2D eigenvalue weighted by Crippen LogP contribution is -2.48. The minimum absolute atomic E-state index is 0.0640. The van der Waals surface area contributed by atoms with Crippen LogP contribution in [0.5, 0.6) is 0 Å². The van der Waals surface area contributed by atoms with E-state index in [0.717, 1.165) is 12.1 Å². The number of carbonyl (C=O) groups excluding carboxylic acids is 1. The van der Waals surface area contributed by atoms with Crippen LogP contribution < -0.4 is 16.1 Å². The number of nitro groups is 1. The maximum absolute atomic E-state index is 12.5. The summed E-state index contributed by atoms with van der Waals surface area (Å²) in [6.07, 6.45) is 2.55. The predicted octanol–water partition coefficient (Wildman–Crippen LogP) is 2.57. The van der Waals surface area contributed by atoms with Gasteiger partial charge in [-0.05, 0) is 36.4 Å². The topological polar surface area (TPSA) is 122 Å². The number of hydrogen-bond donors (Lipinski definition) is 1. The van der Waals surface area contributed by atoms with Gasteiger partial charge in [-0.15, -0.1) is 11.3 Å². The molecular weight excluding hydrogens is 446 g/mol. The van der Waals surface area contributed by atoms with E-state index in [1.54, 1.807) is 23.6 Å². The monoisotopic (exact) mass is 471 g/mol. The minimum atomic E-state index is -0.418. The lowest BCUT2D eigenvalue weighted by atomic mass is 10.1. The van der Waals surface area contributed by atoms with Crippen LogP contribution in [0, 0.1) is 10.1 Å². The van der Waals surface area contributed by atoms with Gasteiger partial charge in [0, 0.05) is 57.0 Å². The molecule has 0 spiro atoms. The van der Waals surface area contributed by atoms with Gasteiger partial charge in [-0.2, -0.15) is 0 Å². The standard InChI is InChI=1S/C22H25N5O5S/c28-19(25-13-11-24(12-14-25)16-5-7-17(8-6-16)27(31)32)4-2-1-3-10-26-21(29)20-18(9-15-33-20)23-22(26)30/h5-9,15H,1-4,10-14H2,(H,23,30). The number of nitro benzene ring substituents is 1. The molecular formula is C22H25N5O5S. The van der Waals surface area contributed by atoms with Crippen molar-refractivity contribution in [1.29, 1.82) is 0 Å². The molecule has 3 heterocycles. The number of hydrogen-bond acceptors (Lipinski definition) is 7. The number of thiophene rings is 1. The van der Waals surface area contributed by atoms with Gasteiger partial charge in [-0.1, -0.05) is 6.42 Å². The van der Waals surface area contributed by atoms with Crippen LogP contribution in [0.4, 0.5) is 11.4 Å². The Morgan fingerprint density at radius 2 is 1.76 bits per heavy atom. The fourth-order valence-corrected chi connectivity index (χ4v) is 4.85. The molecule has 4 rings (SSSR count). The largest absolute Gasteiger partial charge is 0.368 e. The molecule has 3 aromatic rings. The van der Waals surface area contributed by atoms with Crippen molar-refractivity contribution in [3.63, 3.8) is 0 Å². The maximum atomic E-state index is 12.5. The quantitative estimate of drug-likeness (QED) is 0.306. The number of amides is 1. The molecule has 1 aliphatic heterocycles. The molecule has 1 fully saturated rings. The number of benzene rings is 1. The zero-order valence-electron chi connectivity index (χ0n) is 18.1. The summed E-state index contributed by atoms with van der Waals surface area (Å²) in [5.41, 5.74) is 0.900. The van der Waals surface area contributed by atoms with E-state index in [0.29, 0.717) is 62.2 Å². The molecule has 1 aromatic carbocycles. The predicted molar refractivity (Wildman–Crippen MR) is 127 cm³/mol. The Hall–Kier alpha value is -3.47. The maximum Gasteiger partial charge on any atom is 0.328 e. The summed E-state index contributed by atoms with van der Waals surface area (Å²) in [4.78, 5) is 54.2. The van der Waals surface area contributed by atoms with Crippen LogP contribution in [-0.4, -0.2) is 51.5 Å². The molecule has 0 saturated carbocycles. The average molecular weight is 472 g/mol. The van der Waals surface area contributed by atoms with Gasteiger partial charge in [0.25, 0.3) is 11.2 Å². The van der Waals surface area contributed by atoms with Crippen LogP contribution in [0.2, 0.25) is 0 Å². The molecule has 2 aromatic heterocycles. The van der Waals surface area contributed by atoms with Crippen LogP contribution in [0.25, 0.3) is 10.2 Å². The summed E-state index contributed by atoms with van der Waals surface area (Å²) in [5, 5.41) is 12.6. The van der Waals surface area contributed by atoms with Gasteiger partial charge in [-0.25, -0.2) is 4.79 Å². The number of aromatic amines is 1. The van der Waals surface area contributed by atoms with Gasteiger partial charge in [0.2, 0.25) is 5.91 Å². The highest BCUT2D eigenvalue weighted by Gasteiger charge is 2.21. The van der Waals surface area contributed by atoms with Crippen LogP contribution in [-0.2, 0) is 11.3 Å². The van der Waals surface area contributed by atoms with Crippen molar-refractivity contribution in [2.45, 2.75) is 32.2 Å². The molecule has 10 nitrogen and oxygen atoms in total. The molecule has 33 heavy (non-hydrogen) atoms. The summed E-state index contributed by atoms with van der Waals surface area (Å²) < 4.78 is 1.79. The molecule has 174 valence electrons. The number of piperazine rings is 1. The van der Waals surface area contributed by atoms with Gasteiger partial charge >= 0.3 is 5.69 Å². The Balaban J connectivity index is 1.19. The highest BCUT2D eigenvalue weighted by molar-refractivity contribution is 7.17. The van der Waals surface area contributed by atoms with Crippen molar-refractivity contribution in [2.75, 3.05) is 31.1 Å². The summed E-state index contributed by atoms with van der Waals surface area (Å²) in [7, 11) is 0. The van der Waals surface area contributed by atoms with Gasteiger partial charge in [0.15, 0.2) is 0 Å². The highest BCUT2D eigenvalue weighted by atomic mass is 32.1. The Morgan fingerprint density at radius 3 is 2.45 bits per heavy atom. The Morgan fingerprint density at radius 1 is 1.03 bits per heavy atom. The second-order valence-corrected chi connectivity index (χ2v) is 8.92. The molecule has 1 saturated heterocycles. The van der Waals surface area contributed by atoms with Crippen molar-refractivity contribution in [2.24, 2.45) is 0 Å². The number of aromatic nitrogens is 2. The third-order valence-corrected chi connectivity index (χ3v) is 6.82. The third-order valence-electron chi connectivity index (χ3n) is 5.92. The first kappa shape index (κ1) is 22.7. The number of unbranched alkanes of at least 4 members (excludes halogenated alkanes) is 2. The van der Waals surface area contributed by atoms with E-state index < -0.39 is 10.6 Å². The van der Waals surface area contributed by atoms with E-state index in [-0.39, 0.29) is 17.2 Å². The molecule has 0 bridgehead atoms. The first-order valence-corrected chi connectivity index (χ1v) is 11.8. The molecule has 0 unspecified atom stereocenters. The van der Waals surface area contributed by atoms with Crippen LogP contribution >= 0.6 is 11.3 Å². The molecule has 1 amide bonds. The molecule has 0 atom stereocenters. The Kier molecular flexibility index (Phi) is 6.87. The molecule has 0 aliphatic carbocycles. The first-order chi connectivity index (χ1) is 15.9. The second-order valence-electron chi connectivity index (χ2n) is 8.00. The van der Waals surface area contributed by atoms with E-state index >= 15 is 0 Å². The van der Waals surface area contributed by atoms with E-state index in [4.69, 9.17) is 0 Å². The number of non-ortho nitro benzene ring substituents is 1. The molecule has 1 aliphatic rings. The number of carbonyl (C=O) groups is 1. The summed E-state index contributed by atoms with van der Waals surface area (Å²) in [6.45, 7) is 2.92. The van der Waals surface area contributed by atoms with Gasteiger partial charge in [-0.3, -0.25) is 24.3 Å². The number of anilines is 1. The number of H-pyrrole nitrogens is 1. The highest BCUT2D eigenvalue weighted by Crippen LogP contribution is 2.21. The van der Waals surface area contributed by atoms with E-state index in [1.165, 1.54) is 28.0 Å². The summed E-state index contributed by atoms with van der Waals surface area (Å²) >= 11 is 1.32. The van der Waals surface area contributed by atoms with Gasteiger partial charge in [0.05, 0.1) is 10.4 Å². The SMILES string of the molecule is O=C(CCCCCn1c(=O)[nH]c2ccsc2c1=O)N1CCN(c2ccc([N+](=O)[O-])cc2)CC1. The van der Waals surface area contributed by atoms with Crippen LogP contribution in [0.1, 0.15) is 25.7 Å². The van der Waals surface area contributed by atoms with E-state index in [9.17, 15) is 24.5 Å². The van der Waals surface area contributed by atoms with Crippen LogP contribution in [0.3, 0.4) is 0 Å². The van der Waals surface area contributed by atoms with Gasteiger partial charge < -0.3 is 14.8 Å². The van der Waals surface area contributed by atoms with E-state index in [2.05, 4.69) is 9.88 Å². The molecule has 11 heteroatoms. The fraction of sp³-hybridized carbons (Fsp3) is 0.409. The summed E-state index contributed by atoms with van der Waals surface area (Å²) in [5.74, 6) is 0.105. The van der Waals surface area contributed by atoms with Gasteiger partial charge in [0.1, 0.15) is 4.70 Å². The number of nitrogens with zero attached hydrogens (tertiary/aromatic N) is 4. The minimum Gasteiger partial charge on any atom is -0.368 e. The smallest absolute Gasteiger partial charge is 0.328 e. The lowest BCUT2D eigenvalue weighted by molar-refractivity contribution is -0.384. The normalized spacial score (nSPS) is 14.1. The molecule has 0 radical (unpaired) electrons. The third kappa shape index (κ3) is 5.14. The zero-order chi connectivity index (χ0) is 23.4. The van der Waals surface area contributed by atoms with Crippen molar-refractivity contribution in [1.82, 2.24) is 14.5 Å². The summed E-state index contributed by atoms with van der Waals surface area (Å²) in [6, 6.07) is 8.19. The lowest BCUT2D eigenvalue weighted by Gasteiger charge is -2.36. The van der Waals surface area contributed by atoms with Crippen molar-refractivity contribution >= 4 is 38.8 Å². The number of fused-ring (bicyclic) bond motifs is 1. The van der Waals surface area contributed by atoms with Crippen molar-refractivity contribution in [3.05, 3.63) is 66.7 Å². The average Bonchev–Trinajstić information content (AvgIpc) is 3.29.